The summed E-state index contributed by atoms with van der Waals surface area (Å²) in [7, 11) is 0. The summed E-state index contributed by atoms with van der Waals surface area (Å²) in [5.41, 5.74) is 1.20. The van der Waals surface area contributed by atoms with E-state index in [1.165, 1.54) is 0 Å². The van der Waals surface area contributed by atoms with Gasteiger partial charge in [-0.15, -0.1) is 5.10 Å². The standard InChI is InChI=1S/C19H17N3O5/c1-4-24-14-7-5-6-12-9-15(26-16(12)14)17(23)20-19-22-21-18(27-19)13-8-10(2)25-11(13)3/h5-9H,4H2,1-3H3,(H,20,22,23). The zero-order chi connectivity index (χ0) is 19.0. The molecule has 0 atom stereocenters. The smallest absolute Gasteiger partial charge is 0.322 e. The van der Waals surface area contributed by atoms with Crippen LogP contribution in [-0.2, 0) is 0 Å². The third kappa shape index (κ3) is 3.17. The van der Waals surface area contributed by atoms with Crippen LogP contribution in [0.25, 0.3) is 22.4 Å². The first kappa shape index (κ1) is 16.9. The Hall–Kier alpha value is -3.55. The number of fused-ring (bicyclic) bond motifs is 1. The van der Waals surface area contributed by atoms with Crippen LogP contribution in [-0.4, -0.2) is 22.7 Å². The maximum atomic E-state index is 12.5. The second-order valence-corrected chi connectivity index (χ2v) is 5.91. The maximum Gasteiger partial charge on any atom is 0.322 e. The molecule has 0 aliphatic carbocycles. The van der Waals surface area contributed by atoms with Crippen LogP contribution in [0, 0.1) is 13.8 Å². The number of anilines is 1. The summed E-state index contributed by atoms with van der Waals surface area (Å²) in [6, 6.07) is 8.86. The molecule has 8 nitrogen and oxygen atoms in total. The van der Waals surface area contributed by atoms with Gasteiger partial charge in [-0.3, -0.25) is 10.1 Å². The number of aromatic nitrogens is 2. The number of furan rings is 2. The third-order valence-electron chi connectivity index (χ3n) is 3.95. The van der Waals surface area contributed by atoms with Crippen molar-refractivity contribution in [2.75, 3.05) is 11.9 Å². The number of carbonyl (C=O) groups excluding carboxylic acids is 1. The van der Waals surface area contributed by atoms with Crippen molar-refractivity contribution in [2.24, 2.45) is 0 Å². The molecular formula is C19H17N3O5. The Morgan fingerprint density at radius 3 is 2.74 bits per heavy atom. The second kappa shape index (κ2) is 6.64. The number of benzene rings is 1. The van der Waals surface area contributed by atoms with E-state index < -0.39 is 5.91 Å². The highest BCUT2D eigenvalue weighted by Gasteiger charge is 2.19. The lowest BCUT2D eigenvalue weighted by molar-refractivity contribution is 0.0995. The maximum absolute atomic E-state index is 12.5. The summed E-state index contributed by atoms with van der Waals surface area (Å²) in [6.45, 7) is 6.01. The number of amides is 1. The van der Waals surface area contributed by atoms with E-state index in [4.69, 9.17) is 18.0 Å². The van der Waals surface area contributed by atoms with Crippen LogP contribution in [0.3, 0.4) is 0 Å². The van der Waals surface area contributed by atoms with Gasteiger partial charge >= 0.3 is 6.01 Å². The number of carbonyl (C=O) groups is 1. The highest BCUT2D eigenvalue weighted by Crippen LogP contribution is 2.30. The zero-order valence-electron chi connectivity index (χ0n) is 15.0. The highest BCUT2D eigenvalue weighted by atomic mass is 16.5. The molecule has 0 saturated carbocycles. The average Bonchev–Trinajstić information content (AvgIpc) is 3.33. The normalized spacial score (nSPS) is 11.1. The fourth-order valence-corrected chi connectivity index (χ4v) is 2.80. The van der Waals surface area contributed by atoms with Gasteiger partial charge in [-0.05, 0) is 39.0 Å². The third-order valence-corrected chi connectivity index (χ3v) is 3.95. The minimum atomic E-state index is -0.496. The number of hydrogen-bond acceptors (Lipinski definition) is 7. The van der Waals surface area contributed by atoms with Gasteiger partial charge in [0.2, 0.25) is 0 Å². The van der Waals surface area contributed by atoms with Gasteiger partial charge in [0.15, 0.2) is 17.1 Å². The number of nitrogens with one attached hydrogen (secondary N) is 1. The summed E-state index contributed by atoms with van der Waals surface area (Å²) in [5.74, 6) is 1.87. The molecule has 0 bridgehead atoms. The molecule has 0 aliphatic heterocycles. The molecule has 3 aromatic heterocycles. The Labute approximate surface area is 154 Å². The molecule has 0 unspecified atom stereocenters. The van der Waals surface area contributed by atoms with Crippen molar-refractivity contribution in [3.63, 3.8) is 0 Å². The molecule has 1 N–H and O–H groups in total. The van der Waals surface area contributed by atoms with Gasteiger partial charge < -0.3 is 18.0 Å². The van der Waals surface area contributed by atoms with E-state index >= 15 is 0 Å². The van der Waals surface area contributed by atoms with Crippen molar-refractivity contribution in [2.45, 2.75) is 20.8 Å². The molecule has 8 heteroatoms. The van der Waals surface area contributed by atoms with E-state index in [0.717, 1.165) is 11.1 Å². The van der Waals surface area contributed by atoms with Gasteiger partial charge in [0.05, 0.1) is 12.2 Å². The first-order valence-electron chi connectivity index (χ1n) is 8.42. The van der Waals surface area contributed by atoms with Gasteiger partial charge in [-0.1, -0.05) is 17.2 Å². The van der Waals surface area contributed by atoms with Crippen LogP contribution in [0.1, 0.15) is 29.0 Å². The number of aryl methyl sites for hydroxylation is 2. The summed E-state index contributed by atoms with van der Waals surface area (Å²) < 4.78 is 22.1. The molecule has 4 aromatic rings. The summed E-state index contributed by atoms with van der Waals surface area (Å²) >= 11 is 0. The van der Waals surface area contributed by atoms with Crippen molar-refractivity contribution < 1.29 is 22.8 Å². The van der Waals surface area contributed by atoms with Gasteiger partial charge in [0, 0.05) is 5.39 Å². The lowest BCUT2D eigenvalue weighted by Gasteiger charge is -2.02. The number of para-hydroxylation sites is 1. The van der Waals surface area contributed by atoms with Crippen LogP contribution in [0.4, 0.5) is 6.01 Å². The molecule has 0 saturated heterocycles. The Balaban J connectivity index is 1.57. The quantitative estimate of drug-likeness (QED) is 0.559. The van der Waals surface area contributed by atoms with E-state index in [1.54, 1.807) is 25.1 Å². The molecule has 1 aromatic carbocycles. The predicted octanol–water partition coefficient (Wildman–Crippen LogP) is 4.34. The Morgan fingerprint density at radius 2 is 2.00 bits per heavy atom. The van der Waals surface area contributed by atoms with Crippen molar-refractivity contribution >= 4 is 22.9 Å². The number of nitrogens with zero attached hydrogens (tertiary/aromatic N) is 2. The lowest BCUT2D eigenvalue weighted by Crippen LogP contribution is -2.10. The van der Waals surface area contributed by atoms with Gasteiger partial charge in [0.1, 0.15) is 11.5 Å². The molecule has 0 radical (unpaired) electrons. The molecule has 0 fully saturated rings. The first-order chi connectivity index (χ1) is 13.0. The fourth-order valence-electron chi connectivity index (χ4n) is 2.80. The minimum absolute atomic E-state index is 0.0289. The predicted molar refractivity (Wildman–Crippen MR) is 96.8 cm³/mol. The SMILES string of the molecule is CCOc1cccc2cc(C(=O)Nc3nnc(-c4cc(C)oc4C)o3)oc12. The van der Waals surface area contributed by atoms with Crippen LogP contribution in [0.5, 0.6) is 5.75 Å². The molecule has 0 spiro atoms. The zero-order valence-corrected chi connectivity index (χ0v) is 15.0. The van der Waals surface area contributed by atoms with Gasteiger partial charge in [0.25, 0.3) is 11.8 Å². The van der Waals surface area contributed by atoms with Crippen LogP contribution >= 0.6 is 0 Å². The molecule has 4 rings (SSSR count). The molecule has 27 heavy (non-hydrogen) atoms. The Morgan fingerprint density at radius 1 is 1.15 bits per heavy atom. The second-order valence-electron chi connectivity index (χ2n) is 5.91. The largest absolute Gasteiger partial charge is 0.490 e. The monoisotopic (exact) mass is 367 g/mol. The van der Waals surface area contributed by atoms with E-state index in [2.05, 4.69) is 15.5 Å². The van der Waals surface area contributed by atoms with Crippen LogP contribution in [0.2, 0.25) is 0 Å². The van der Waals surface area contributed by atoms with E-state index in [-0.39, 0.29) is 17.7 Å². The summed E-state index contributed by atoms with van der Waals surface area (Å²) in [6.07, 6.45) is 0. The van der Waals surface area contributed by atoms with Crippen LogP contribution in [0.15, 0.2) is 43.6 Å². The molecule has 138 valence electrons. The van der Waals surface area contributed by atoms with Gasteiger partial charge in [-0.2, -0.15) is 0 Å². The van der Waals surface area contributed by atoms with Crippen molar-refractivity contribution in [3.05, 3.63) is 47.6 Å². The minimum Gasteiger partial charge on any atom is -0.490 e. The number of hydrogen-bond donors (Lipinski definition) is 1. The van der Waals surface area contributed by atoms with Crippen molar-refractivity contribution in [1.82, 2.24) is 10.2 Å². The summed E-state index contributed by atoms with van der Waals surface area (Å²) in [5, 5.41) is 11.1. The Kier molecular flexibility index (Phi) is 4.15. The molecule has 0 aliphatic rings. The molecule has 1 amide bonds. The number of ether oxygens (including phenoxy) is 1. The van der Waals surface area contributed by atoms with Crippen LogP contribution < -0.4 is 10.1 Å². The van der Waals surface area contributed by atoms with Crippen molar-refractivity contribution in [1.29, 1.82) is 0 Å². The first-order valence-corrected chi connectivity index (χ1v) is 8.42. The molecule has 3 heterocycles. The highest BCUT2D eigenvalue weighted by molar-refractivity contribution is 6.04. The van der Waals surface area contributed by atoms with E-state index in [1.807, 2.05) is 26.0 Å². The summed E-state index contributed by atoms with van der Waals surface area (Å²) in [4.78, 5) is 12.5. The van der Waals surface area contributed by atoms with Crippen molar-refractivity contribution in [3.8, 4) is 17.2 Å². The lowest BCUT2D eigenvalue weighted by atomic mass is 10.2. The topological polar surface area (TPSA) is 104 Å². The van der Waals surface area contributed by atoms with Gasteiger partial charge in [-0.25, -0.2) is 0 Å². The molecular weight excluding hydrogens is 350 g/mol. The van der Waals surface area contributed by atoms with E-state index in [0.29, 0.717) is 29.3 Å². The Bertz CT molecular complexity index is 1120. The van der Waals surface area contributed by atoms with E-state index in [9.17, 15) is 4.79 Å². The fraction of sp³-hybridized carbons (Fsp3) is 0.211. The average molecular weight is 367 g/mol. The number of rotatable bonds is 5.